The minimum atomic E-state index is 0.260. The van der Waals surface area contributed by atoms with Crippen LogP contribution in [0.4, 0.5) is 0 Å². The van der Waals surface area contributed by atoms with Gasteiger partial charge in [0.15, 0.2) is 0 Å². The largest absolute Gasteiger partial charge is 0.375 e. The van der Waals surface area contributed by atoms with E-state index in [0.29, 0.717) is 12.2 Å². The zero-order chi connectivity index (χ0) is 11.8. The van der Waals surface area contributed by atoms with E-state index in [-0.39, 0.29) is 12.2 Å². The Morgan fingerprint density at radius 2 is 1.07 bits per heavy atom. The Hall–Kier alpha value is -0.120. The predicted octanol–water partition coefficient (Wildman–Crippen LogP) is 2.20. The molecule has 0 bridgehead atoms. The minimum Gasteiger partial charge on any atom is -0.375 e. The molecule has 15 heavy (non-hydrogen) atoms. The molecular formula is C12H27NO2. The van der Waals surface area contributed by atoms with E-state index >= 15 is 0 Å². The molecule has 0 aromatic rings. The SMILES string of the molecule is CC(C)OC(C)CNCC(C)OC(C)C. The van der Waals surface area contributed by atoms with Crippen LogP contribution in [0.1, 0.15) is 41.5 Å². The molecule has 1 N–H and O–H groups in total. The van der Waals surface area contributed by atoms with Crippen LogP contribution in [0, 0.1) is 0 Å². The third-order valence-electron chi connectivity index (χ3n) is 1.87. The number of hydrogen-bond donors (Lipinski definition) is 1. The Morgan fingerprint density at radius 3 is 1.33 bits per heavy atom. The first-order chi connectivity index (χ1) is 6.91. The fourth-order valence-corrected chi connectivity index (χ4v) is 1.52. The molecular weight excluding hydrogens is 190 g/mol. The third-order valence-corrected chi connectivity index (χ3v) is 1.87. The van der Waals surface area contributed by atoms with Gasteiger partial charge in [-0.05, 0) is 41.5 Å². The van der Waals surface area contributed by atoms with Crippen molar-refractivity contribution in [2.75, 3.05) is 13.1 Å². The zero-order valence-electron chi connectivity index (χ0n) is 11.0. The van der Waals surface area contributed by atoms with Crippen LogP contribution in [0.5, 0.6) is 0 Å². The van der Waals surface area contributed by atoms with Crippen molar-refractivity contribution in [1.82, 2.24) is 5.32 Å². The lowest BCUT2D eigenvalue weighted by atomic mass is 10.3. The lowest BCUT2D eigenvalue weighted by Gasteiger charge is -2.20. The summed E-state index contributed by atoms with van der Waals surface area (Å²) in [6.45, 7) is 14.2. The summed E-state index contributed by atoms with van der Waals surface area (Å²) in [6, 6.07) is 0. The molecule has 92 valence electrons. The van der Waals surface area contributed by atoms with Crippen LogP contribution in [-0.4, -0.2) is 37.5 Å². The maximum Gasteiger partial charge on any atom is 0.0674 e. The van der Waals surface area contributed by atoms with Gasteiger partial charge in [0.1, 0.15) is 0 Å². The van der Waals surface area contributed by atoms with Gasteiger partial charge in [-0.2, -0.15) is 0 Å². The van der Waals surface area contributed by atoms with E-state index in [4.69, 9.17) is 9.47 Å². The van der Waals surface area contributed by atoms with E-state index in [1.54, 1.807) is 0 Å². The lowest BCUT2D eigenvalue weighted by molar-refractivity contribution is 0.00538. The molecule has 0 heterocycles. The third kappa shape index (κ3) is 10.2. The van der Waals surface area contributed by atoms with E-state index in [0.717, 1.165) is 13.1 Å². The zero-order valence-corrected chi connectivity index (χ0v) is 11.0. The molecule has 0 fully saturated rings. The Kier molecular flexibility index (Phi) is 8.02. The average Bonchev–Trinajstić information content (AvgIpc) is 2.00. The number of hydrogen-bond acceptors (Lipinski definition) is 3. The van der Waals surface area contributed by atoms with Gasteiger partial charge in [0.05, 0.1) is 24.4 Å². The number of nitrogens with one attached hydrogen (secondary N) is 1. The Balaban J connectivity index is 3.44. The molecule has 0 rings (SSSR count). The summed E-state index contributed by atoms with van der Waals surface area (Å²) in [5.74, 6) is 0. The van der Waals surface area contributed by atoms with Crippen molar-refractivity contribution < 1.29 is 9.47 Å². The maximum atomic E-state index is 5.61. The van der Waals surface area contributed by atoms with Crippen molar-refractivity contribution in [2.45, 2.75) is 66.0 Å². The van der Waals surface area contributed by atoms with Crippen LogP contribution in [0.25, 0.3) is 0 Å². The molecule has 0 aliphatic heterocycles. The van der Waals surface area contributed by atoms with Gasteiger partial charge in [0, 0.05) is 13.1 Å². The molecule has 2 unspecified atom stereocenters. The van der Waals surface area contributed by atoms with E-state index < -0.39 is 0 Å². The molecule has 0 radical (unpaired) electrons. The monoisotopic (exact) mass is 217 g/mol. The smallest absolute Gasteiger partial charge is 0.0674 e. The molecule has 0 saturated heterocycles. The van der Waals surface area contributed by atoms with Gasteiger partial charge >= 0.3 is 0 Å². The van der Waals surface area contributed by atoms with E-state index in [9.17, 15) is 0 Å². The van der Waals surface area contributed by atoms with Gasteiger partial charge in [0.2, 0.25) is 0 Å². The summed E-state index contributed by atoms with van der Waals surface area (Å²) >= 11 is 0. The van der Waals surface area contributed by atoms with Crippen molar-refractivity contribution in [2.24, 2.45) is 0 Å². The van der Waals surface area contributed by atoms with Gasteiger partial charge in [-0.1, -0.05) is 0 Å². The maximum absolute atomic E-state index is 5.61. The molecule has 0 aliphatic carbocycles. The first-order valence-electron chi connectivity index (χ1n) is 5.93. The molecule has 0 aliphatic rings. The van der Waals surface area contributed by atoms with E-state index in [1.807, 2.05) is 0 Å². The second-order valence-corrected chi connectivity index (χ2v) is 4.65. The topological polar surface area (TPSA) is 30.5 Å². The van der Waals surface area contributed by atoms with E-state index in [1.165, 1.54) is 0 Å². The summed E-state index contributed by atoms with van der Waals surface area (Å²) in [5, 5.41) is 3.35. The molecule has 0 spiro atoms. The Bertz CT molecular complexity index is 133. The van der Waals surface area contributed by atoms with Gasteiger partial charge in [-0.3, -0.25) is 0 Å². The summed E-state index contributed by atoms with van der Waals surface area (Å²) in [6.07, 6.45) is 1.12. The highest BCUT2D eigenvalue weighted by Gasteiger charge is 2.07. The van der Waals surface area contributed by atoms with Crippen LogP contribution in [0.3, 0.4) is 0 Å². The van der Waals surface area contributed by atoms with Crippen LogP contribution in [0.2, 0.25) is 0 Å². The van der Waals surface area contributed by atoms with Gasteiger partial charge < -0.3 is 14.8 Å². The molecule has 3 heteroatoms. The Morgan fingerprint density at radius 1 is 0.733 bits per heavy atom. The quantitative estimate of drug-likeness (QED) is 0.676. The molecule has 0 aromatic heterocycles. The van der Waals surface area contributed by atoms with Crippen molar-refractivity contribution in [1.29, 1.82) is 0 Å². The van der Waals surface area contributed by atoms with Crippen molar-refractivity contribution in [3.05, 3.63) is 0 Å². The second kappa shape index (κ2) is 8.08. The first-order valence-corrected chi connectivity index (χ1v) is 5.93. The van der Waals surface area contributed by atoms with Crippen LogP contribution < -0.4 is 5.32 Å². The number of ether oxygens (including phenoxy) is 2. The fraction of sp³-hybridized carbons (Fsp3) is 1.00. The number of rotatable bonds is 8. The molecule has 0 aromatic carbocycles. The summed E-state index contributed by atoms with van der Waals surface area (Å²) in [5.41, 5.74) is 0. The molecule has 3 nitrogen and oxygen atoms in total. The lowest BCUT2D eigenvalue weighted by Crippen LogP contribution is -2.35. The highest BCUT2D eigenvalue weighted by atomic mass is 16.5. The standard InChI is InChI=1S/C12H27NO2/c1-9(2)14-11(5)7-13-8-12(6)15-10(3)4/h9-13H,7-8H2,1-6H3. The molecule has 0 amide bonds. The van der Waals surface area contributed by atoms with Crippen LogP contribution in [-0.2, 0) is 9.47 Å². The highest BCUT2D eigenvalue weighted by molar-refractivity contribution is 4.61. The van der Waals surface area contributed by atoms with Crippen LogP contribution in [0.15, 0.2) is 0 Å². The van der Waals surface area contributed by atoms with E-state index in [2.05, 4.69) is 46.9 Å². The molecule has 2 atom stereocenters. The Labute approximate surface area is 94.5 Å². The van der Waals surface area contributed by atoms with Crippen molar-refractivity contribution in [3.8, 4) is 0 Å². The van der Waals surface area contributed by atoms with Crippen molar-refractivity contribution in [3.63, 3.8) is 0 Å². The summed E-state index contributed by atoms with van der Waals surface area (Å²) < 4.78 is 11.2. The predicted molar refractivity (Wildman–Crippen MR) is 64.2 cm³/mol. The first kappa shape index (κ1) is 14.9. The molecule has 0 saturated carbocycles. The van der Waals surface area contributed by atoms with Gasteiger partial charge in [-0.25, -0.2) is 0 Å². The minimum absolute atomic E-state index is 0.260. The fourth-order valence-electron chi connectivity index (χ4n) is 1.52. The highest BCUT2D eigenvalue weighted by Crippen LogP contribution is 1.97. The van der Waals surface area contributed by atoms with Gasteiger partial charge in [-0.15, -0.1) is 0 Å². The average molecular weight is 217 g/mol. The summed E-state index contributed by atoms with van der Waals surface area (Å²) in [4.78, 5) is 0. The summed E-state index contributed by atoms with van der Waals surface area (Å²) in [7, 11) is 0. The normalized spacial score (nSPS) is 16.0. The second-order valence-electron chi connectivity index (χ2n) is 4.65. The van der Waals surface area contributed by atoms with Crippen molar-refractivity contribution >= 4 is 0 Å². The van der Waals surface area contributed by atoms with Gasteiger partial charge in [0.25, 0.3) is 0 Å². The van der Waals surface area contributed by atoms with Crippen LogP contribution >= 0.6 is 0 Å².